The van der Waals surface area contributed by atoms with Gasteiger partial charge in [-0.2, -0.15) is 0 Å². The minimum Gasteiger partial charge on any atom is -0.462 e. The Hall–Kier alpha value is -4.38. The Bertz CT molecular complexity index is 1820. The van der Waals surface area contributed by atoms with Crippen LogP contribution in [0.5, 0.6) is 0 Å². The monoisotopic (exact) mass is 1110 g/mol. The first-order chi connectivity index (χ1) is 38.2. The minimum absolute atomic E-state index is 0.0313. The number of ether oxygens (including phenoxy) is 3. The fourth-order valence-corrected chi connectivity index (χ4v) is 8.27. The molecule has 12 heteroatoms. The molecule has 0 aromatic carbocycles. The molecular formula is C66H107O11P. The molecule has 0 heterocycles. The summed E-state index contributed by atoms with van der Waals surface area (Å²) in [4.78, 5) is 48.6. The Balaban J connectivity index is 4.82. The lowest BCUT2D eigenvalue weighted by Crippen LogP contribution is -2.30. The third kappa shape index (κ3) is 56.3. The molecule has 0 aromatic heterocycles. The smallest absolute Gasteiger partial charge is 0.462 e. The molecular weight excluding hydrogens is 1000 g/mol. The fourth-order valence-electron chi connectivity index (χ4n) is 7.48. The third-order valence-corrected chi connectivity index (χ3v) is 13.0. The van der Waals surface area contributed by atoms with Crippen molar-refractivity contribution in [3.05, 3.63) is 134 Å². The number of aliphatic hydroxyl groups is 1. The number of hydrogen-bond donors (Lipinski definition) is 2. The number of rotatable bonds is 54. The third-order valence-electron chi connectivity index (χ3n) is 12.0. The number of carbonyl (C=O) groups is 3. The van der Waals surface area contributed by atoms with E-state index in [1.54, 1.807) is 0 Å². The molecule has 0 rings (SSSR count). The lowest BCUT2D eigenvalue weighted by molar-refractivity contribution is -0.161. The Morgan fingerprint density at radius 2 is 0.718 bits per heavy atom. The van der Waals surface area contributed by atoms with Gasteiger partial charge in [0.25, 0.3) is 0 Å². The first kappa shape index (κ1) is 73.6. The number of phosphoric acid groups is 1. The molecule has 2 N–H and O–H groups in total. The summed E-state index contributed by atoms with van der Waals surface area (Å²) in [5, 5.41) is 9.84. The van der Waals surface area contributed by atoms with Crippen LogP contribution < -0.4 is 0 Å². The van der Waals surface area contributed by atoms with Gasteiger partial charge >= 0.3 is 25.7 Å². The van der Waals surface area contributed by atoms with Crippen molar-refractivity contribution >= 4 is 25.7 Å². The predicted molar refractivity (Wildman–Crippen MR) is 325 cm³/mol. The molecule has 442 valence electrons. The van der Waals surface area contributed by atoms with Crippen molar-refractivity contribution in [2.24, 2.45) is 0 Å². The average Bonchev–Trinajstić information content (AvgIpc) is 3.43. The van der Waals surface area contributed by atoms with Gasteiger partial charge in [0.1, 0.15) is 12.7 Å². The maximum atomic E-state index is 12.9. The van der Waals surface area contributed by atoms with Gasteiger partial charge in [-0.1, -0.05) is 219 Å². The van der Waals surface area contributed by atoms with Gasteiger partial charge in [-0.3, -0.25) is 23.4 Å². The van der Waals surface area contributed by atoms with Gasteiger partial charge in [0.15, 0.2) is 6.10 Å². The topological polar surface area (TPSA) is 155 Å². The zero-order chi connectivity index (χ0) is 56.9. The number of allylic oxidation sites excluding steroid dienone is 22. The average molecular weight is 1110 g/mol. The van der Waals surface area contributed by atoms with Crippen LogP contribution in [0.3, 0.4) is 0 Å². The molecule has 3 unspecified atom stereocenters. The second-order valence-electron chi connectivity index (χ2n) is 19.4. The fraction of sp³-hybridized carbons (Fsp3) is 0.621. The molecule has 0 aliphatic carbocycles. The van der Waals surface area contributed by atoms with Crippen molar-refractivity contribution in [2.75, 3.05) is 26.4 Å². The maximum absolute atomic E-state index is 12.9. The summed E-state index contributed by atoms with van der Waals surface area (Å²) in [6, 6.07) is 0. The summed E-state index contributed by atoms with van der Waals surface area (Å²) in [6.45, 7) is 4.31. The van der Waals surface area contributed by atoms with E-state index in [-0.39, 0.29) is 25.9 Å². The molecule has 0 amide bonds. The highest BCUT2D eigenvalue weighted by molar-refractivity contribution is 7.47. The number of aliphatic hydroxyl groups excluding tert-OH is 1. The standard InChI is InChI=1S/C66H107O11P/c1-4-7-10-13-16-19-22-25-27-29-31-33-35-38-41-44-47-50-53-56-65(69)76-62(58-67)60-74-78(71,72)75-61-63(59-73-64(68)55-52-49-46-43-40-37-24-21-18-15-12-9-6-3)77-66(70)57-54-51-48-45-42-39-36-34-32-30-28-26-23-20-17-14-11-8-5-2/h8,11-12,15-17,19-21,24-28,31-34,39,42,48,51,62-63,67H,4-7,9-10,13-14,18,22-23,29-30,35-38,40-41,43-47,49-50,52-61H2,1-3H3,(H,71,72)/b11-8-,15-12-,19-16-,20-17-,24-21-,27-25-,28-26-,33-31-,34-32-,42-39-,51-48-. The quantitative estimate of drug-likeness (QED) is 0.0197. The number of unbranched alkanes of at least 4 members (excludes halogenated alkanes) is 15. The summed E-state index contributed by atoms with van der Waals surface area (Å²) >= 11 is 0. The molecule has 0 radical (unpaired) electrons. The van der Waals surface area contributed by atoms with E-state index in [0.717, 1.165) is 135 Å². The van der Waals surface area contributed by atoms with Crippen molar-refractivity contribution < 1.29 is 52.2 Å². The van der Waals surface area contributed by atoms with Crippen LogP contribution in [-0.4, -0.2) is 66.5 Å². The lowest BCUT2D eigenvalue weighted by Gasteiger charge is -2.21. The number of hydrogen-bond acceptors (Lipinski definition) is 10. The Kier molecular flexibility index (Phi) is 55.5. The van der Waals surface area contributed by atoms with Crippen molar-refractivity contribution in [1.29, 1.82) is 0 Å². The Labute approximate surface area is 474 Å². The van der Waals surface area contributed by atoms with Crippen molar-refractivity contribution in [1.82, 2.24) is 0 Å². The SMILES string of the molecule is CC/C=C\C/C=C\C/C=C\C/C=C\C/C=C\C/C=C\CCC(=O)OC(COC(=O)CCCCCCC/C=C\C/C=C\CCC)COP(=O)(O)OCC(CO)OC(=O)CCCCCCCC/C=C\C/C=C\C/C=C\CCCCC. The Morgan fingerprint density at radius 1 is 0.372 bits per heavy atom. The van der Waals surface area contributed by atoms with Crippen LogP contribution in [0.2, 0.25) is 0 Å². The largest absolute Gasteiger partial charge is 0.472 e. The lowest BCUT2D eigenvalue weighted by atomic mass is 10.1. The molecule has 0 saturated heterocycles. The molecule has 0 spiro atoms. The van der Waals surface area contributed by atoms with E-state index in [1.807, 2.05) is 12.2 Å². The van der Waals surface area contributed by atoms with Gasteiger partial charge < -0.3 is 24.2 Å². The van der Waals surface area contributed by atoms with Gasteiger partial charge in [0.2, 0.25) is 0 Å². The second-order valence-corrected chi connectivity index (χ2v) is 20.9. The van der Waals surface area contributed by atoms with Gasteiger partial charge in [-0.25, -0.2) is 4.57 Å². The zero-order valence-corrected chi connectivity index (χ0v) is 49.7. The minimum atomic E-state index is -4.79. The summed E-state index contributed by atoms with van der Waals surface area (Å²) in [7, 11) is -4.79. The van der Waals surface area contributed by atoms with Gasteiger partial charge in [-0.05, 0) is 122 Å². The van der Waals surface area contributed by atoms with Crippen LogP contribution in [0, 0.1) is 0 Å². The van der Waals surface area contributed by atoms with E-state index in [9.17, 15) is 28.9 Å². The van der Waals surface area contributed by atoms with Crippen LogP contribution in [-0.2, 0) is 42.2 Å². The predicted octanol–water partition coefficient (Wildman–Crippen LogP) is 18.1. The van der Waals surface area contributed by atoms with Crippen molar-refractivity contribution in [2.45, 2.75) is 238 Å². The maximum Gasteiger partial charge on any atom is 0.472 e. The zero-order valence-electron chi connectivity index (χ0n) is 48.8. The van der Waals surface area contributed by atoms with Crippen molar-refractivity contribution in [3.8, 4) is 0 Å². The first-order valence-corrected chi connectivity index (χ1v) is 31.6. The highest BCUT2D eigenvalue weighted by atomic mass is 31.2. The Morgan fingerprint density at radius 3 is 1.15 bits per heavy atom. The number of carbonyl (C=O) groups excluding carboxylic acids is 3. The van der Waals surface area contributed by atoms with Gasteiger partial charge in [0.05, 0.1) is 19.8 Å². The van der Waals surface area contributed by atoms with E-state index in [1.165, 1.54) is 25.7 Å². The van der Waals surface area contributed by atoms with Crippen LogP contribution in [0.1, 0.15) is 226 Å². The van der Waals surface area contributed by atoms with Crippen LogP contribution in [0.15, 0.2) is 134 Å². The second kappa shape index (κ2) is 58.8. The normalized spacial score (nSPS) is 14.3. The van der Waals surface area contributed by atoms with E-state index in [0.29, 0.717) is 25.7 Å². The van der Waals surface area contributed by atoms with E-state index in [4.69, 9.17) is 23.3 Å². The van der Waals surface area contributed by atoms with E-state index >= 15 is 0 Å². The highest BCUT2D eigenvalue weighted by Crippen LogP contribution is 2.43. The van der Waals surface area contributed by atoms with Crippen LogP contribution in [0.25, 0.3) is 0 Å². The molecule has 78 heavy (non-hydrogen) atoms. The summed E-state index contributed by atoms with van der Waals surface area (Å²) < 4.78 is 39.5. The van der Waals surface area contributed by atoms with Crippen LogP contribution >= 0.6 is 7.82 Å². The first-order valence-electron chi connectivity index (χ1n) is 30.1. The molecule has 3 atom stereocenters. The molecule has 0 saturated carbocycles. The van der Waals surface area contributed by atoms with Gasteiger partial charge in [-0.15, -0.1) is 0 Å². The molecule has 0 fully saturated rings. The highest BCUT2D eigenvalue weighted by Gasteiger charge is 2.28. The van der Waals surface area contributed by atoms with E-state index in [2.05, 4.69) is 142 Å². The van der Waals surface area contributed by atoms with Gasteiger partial charge in [0, 0.05) is 19.3 Å². The number of esters is 3. The molecule has 0 aromatic rings. The molecule has 0 aliphatic heterocycles. The van der Waals surface area contributed by atoms with E-state index < -0.39 is 57.8 Å². The summed E-state index contributed by atoms with van der Waals surface area (Å²) in [5.74, 6) is -1.61. The number of phosphoric ester groups is 1. The summed E-state index contributed by atoms with van der Waals surface area (Å²) in [5.41, 5.74) is 0. The summed E-state index contributed by atoms with van der Waals surface area (Å²) in [6.07, 6.45) is 74.2. The van der Waals surface area contributed by atoms with Crippen molar-refractivity contribution in [3.63, 3.8) is 0 Å². The molecule has 11 nitrogen and oxygen atoms in total. The molecule has 0 aliphatic rings. The van der Waals surface area contributed by atoms with Crippen LogP contribution in [0.4, 0.5) is 0 Å². The molecule has 0 bridgehead atoms.